The second-order valence-electron chi connectivity index (χ2n) is 2.24. The van der Waals surface area contributed by atoms with E-state index < -0.39 is 0 Å². The summed E-state index contributed by atoms with van der Waals surface area (Å²) in [4.78, 5) is -0.296. The van der Waals surface area contributed by atoms with Crippen molar-refractivity contribution in [1.82, 2.24) is 0 Å². The minimum Gasteiger partial charge on any atom is -0.105 e. The smallest absolute Gasteiger partial charge is 0.105 e. The van der Waals surface area contributed by atoms with Gasteiger partial charge in [0.1, 0.15) is 4.84 Å². The molecule has 0 aromatic heterocycles. The van der Waals surface area contributed by atoms with Crippen molar-refractivity contribution in [3.05, 3.63) is 42.3 Å². The van der Waals surface area contributed by atoms with Crippen molar-refractivity contribution in [3.63, 3.8) is 0 Å². The van der Waals surface area contributed by atoms with Gasteiger partial charge >= 0.3 is 0 Å². The van der Waals surface area contributed by atoms with Crippen molar-refractivity contribution in [3.8, 4) is 0 Å². The Morgan fingerprint density at radius 2 is 1.82 bits per heavy atom. The first kappa shape index (κ1) is 8.89. The third kappa shape index (κ3) is 3.64. The van der Waals surface area contributed by atoms with E-state index in [1.54, 1.807) is 0 Å². The minimum atomic E-state index is -0.296. The first-order valence-corrected chi connectivity index (χ1v) is 4.33. The molecule has 2 heteroatoms. The van der Waals surface area contributed by atoms with Crippen LogP contribution in [-0.2, 0) is 0 Å². The molecule has 1 aromatic rings. The maximum absolute atomic E-state index is 5.56. The number of alkyl halides is 2. The molecule has 0 aliphatic carbocycles. The number of halogens is 2. The number of rotatable bonds is 3. The normalized spacial score (nSPS) is 10.5. The Morgan fingerprint density at radius 3 is 2.36 bits per heavy atom. The second kappa shape index (κ2) is 4.63. The van der Waals surface area contributed by atoms with E-state index in [4.69, 9.17) is 23.2 Å². The Bertz CT molecular complexity index is 194. The lowest BCUT2D eigenvalue weighted by molar-refractivity contribution is 1.07. The molecule has 0 N–H and O–H groups in total. The van der Waals surface area contributed by atoms with Crippen molar-refractivity contribution in [2.75, 3.05) is 0 Å². The average Bonchev–Trinajstić information content (AvgIpc) is 2.03. The zero-order chi connectivity index (χ0) is 8.10. The first-order chi connectivity index (χ1) is 5.29. The summed E-state index contributed by atoms with van der Waals surface area (Å²) < 4.78 is 0. The lowest BCUT2D eigenvalue weighted by atomic mass is 10.1. The van der Waals surface area contributed by atoms with Gasteiger partial charge in [-0.2, -0.15) is 0 Å². The maximum atomic E-state index is 5.56. The van der Waals surface area contributed by atoms with Gasteiger partial charge in [-0.3, -0.25) is 0 Å². The van der Waals surface area contributed by atoms with Crippen molar-refractivity contribution in [2.24, 2.45) is 0 Å². The summed E-state index contributed by atoms with van der Waals surface area (Å²) in [7, 11) is 0. The summed E-state index contributed by atoms with van der Waals surface area (Å²) in [5, 5.41) is 0. The molecule has 1 rings (SSSR count). The minimum absolute atomic E-state index is 0.296. The highest BCUT2D eigenvalue weighted by molar-refractivity contribution is 6.44. The van der Waals surface area contributed by atoms with Crippen LogP contribution in [0.25, 0.3) is 0 Å². The van der Waals surface area contributed by atoms with Gasteiger partial charge in [0.25, 0.3) is 0 Å². The van der Waals surface area contributed by atoms with Crippen molar-refractivity contribution >= 4 is 23.2 Å². The molecule has 0 atom stereocenters. The zero-order valence-electron chi connectivity index (χ0n) is 6.00. The molecule has 0 fully saturated rings. The Balaban J connectivity index is 2.39. The number of benzene rings is 1. The van der Waals surface area contributed by atoms with E-state index in [1.807, 2.05) is 36.8 Å². The predicted molar refractivity (Wildman–Crippen MR) is 50.0 cm³/mol. The van der Waals surface area contributed by atoms with Crippen LogP contribution in [-0.4, -0.2) is 4.84 Å². The van der Waals surface area contributed by atoms with Crippen LogP contribution in [0.2, 0.25) is 0 Å². The Morgan fingerprint density at radius 1 is 1.18 bits per heavy atom. The van der Waals surface area contributed by atoms with Crippen LogP contribution in [0.5, 0.6) is 0 Å². The first-order valence-electron chi connectivity index (χ1n) is 3.45. The van der Waals surface area contributed by atoms with E-state index in [2.05, 4.69) is 0 Å². The van der Waals surface area contributed by atoms with Gasteiger partial charge in [-0.15, -0.1) is 23.2 Å². The highest BCUT2D eigenvalue weighted by Gasteiger charge is 1.98. The van der Waals surface area contributed by atoms with E-state index in [0.29, 0.717) is 6.42 Å². The molecule has 0 saturated heterocycles. The van der Waals surface area contributed by atoms with E-state index in [0.717, 1.165) is 0 Å². The van der Waals surface area contributed by atoms with Gasteiger partial charge in [-0.05, 0) is 18.4 Å². The molecule has 0 nitrogen and oxygen atoms in total. The van der Waals surface area contributed by atoms with Crippen LogP contribution < -0.4 is 0 Å². The molecular weight excluding hydrogens is 179 g/mol. The molecule has 0 heterocycles. The van der Waals surface area contributed by atoms with Gasteiger partial charge in [0, 0.05) is 0 Å². The van der Waals surface area contributed by atoms with E-state index >= 15 is 0 Å². The third-order valence-corrected chi connectivity index (χ3v) is 1.69. The van der Waals surface area contributed by atoms with Gasteiger partial charge < -0.3 is 0 Å². The fourth-order valence-electron chi connectivity index (χ4n) is 0.814. The summed E-state index contributed by atoms with van der Waals surface area (Å²) in [6.07, 6.45) is 2.72. The van der Waals surface area contributed by atoms with E-state index in [9.17, 15) is 0 Å². The Hall–Kier alpha value is -0.200. The van der Waals surface area contributed by atoms with Crippen LogP contribution in [0.15, 0.2) is 30.3 Å². The van der Waals surface area contributed by atoms with Crippen LogP contribution in [0.1, 0.15) is 12.0 Å². The third-order valence-electron chi connectivity index (χ3n) is 1.33. The molecule has 0 amide bonds. The molecule has 0 spiro atoms. The van der Waals surface area contributed by atoms with E-state index in [-0.39, 0.29) is 4.84 Å². The topological polar surface area (TPSA) is 0 Å². The molecule has 0 unspecified atom stereocenters. The molecule has 59 valence electrons. The molecule has 1 aromatic carbocycles. The molecule has 0 bridgehead atoms. The summed E-state index contributed by atoms with van der Waals surface area (Å²) in [6, 6.07) is 10.0. The lowest BCUT2D eigenvalue weighted by Gasteiger charge is -1.99. The number of hydrogen-bond donors (Lipinski definition) is 0. The van der Waals surface area contributed by atoms with Crippen LogP contribution in [0, 0.1) is 6.42 Å². The summed E-state index contributed by atoms with van der Waals surface area (Å²) in [5.74, 6) is 0. The van der Waals surface area contributed by atoms with Gasteiger partial charge in [0.2, 0.25) is 0 Å². The maximum Gasteiger partial charge on any atom is 0.108 e. The van der Waals surface area contributed by atoms with Crippen LogP contribution in [0.3, 0.4) is 0 Å². The van der Waals surface area contributed by atoms with Crippen molar-refractivity contribution < 1.29 is 0 Å². The summed E-state index contributed by atoms with van der Waals surface area (Å²) >= 11 is 11.1. The highest BCUT2D eigenvalue weighted by atomic mass is 35.5. The quantitative estimate of drug-likeness (QED) is 0.637. The molecular formula is C9H9Cl2. The standard InChI is InChI=1S/C9H9Cl2/c10-9(11)7-6-8-4-2-1-3-5-8/h1-6,9H,7H2. The van der Waals surface area contributed by atoms with E-state index in [1.165, 1.54) is 5.56 Å². The highest BCUT2D eigenvalue weighted by Crippen LogP contribution is 2.13. The Labute approximate surface area is 77.1 Å². The predicted octanol–water partition coefficient (Wildman–Crippen LogP) is 3.43. The second-order valence-corrected chi connectivity index (χ2v) is 3.52. The fraction of sp³-hybridized carbons (Fsp3) is 0.222. The summed E-state index contributed by atoms with van der Waals surface area (Å²) in [6.45, 7) is 0. The van der Waals surface area contributed by atoms with Crippen LogP contribution in [0.4, 0.5) is 0 Å². The number of hydrogen-bond acceptors (Lipinski definition) is 0. The molecule has 0 saturated carbocycles. The monoisotopic (exact) mass is 187 g/mol. The molecule has 0 aliphatic heterocycles. The largest absolute Gasteiger partial charge is 0.108 e. The molecule has 0 aliphatic rings. The molecule has 11 heavy (non-hydrogen) atoms. The lowest BCUT2D eigenvalue weighted by Crippen LogP contribution is -1.88. The SMILES string of the molecule is ClC(Cl)C[CH]c1ccccc1. The zero-order valence-corrected chi connectivity index (χ0v) is 7.52. The van der Waals surface area contributed by atoms with Crippen molar-refractivity contribution in [2.45, 2.75) is 11.3 Å². The fourth-order valence-corrected chi connectivity index (χ4v) is 0.992. The Kier molecular flexibility index (Phi) is 3.74. The van der Waals surface area contributed by atoms with Gasteiger partial charge in [-0.1, -0.05) is 30.3 Å². The van der Waals surface area contributed by atoms with Crippen molar-refractivity contribution in [1.29, 1.82) is 0 Å². The molecule has 1 radical (unpaired) electrons. The van der Waals surface area contributed by atoms with Gasteiger partial charge in [0.05, 0.1) is 0 Å². The summed E-state index contributed by atoms with van der Waals surface area (Å²) in [5.41, 5.74) is 1.17. The van der Waals surface area contributed by atoms with Crippen LogP contribution >= 0.6 is 23.2 Å². The van der Waals surface area contributed by atoms with Gasteiger partial charge in [0.15, 0.2) is 0 Å². The average molecular weight is 188 g/mol. The van der Waals surface area contributed by atoms with Gasteiger partial charge in [-0.25, -0.2) is 0 Å².